The zero-order chi connectivity index (χ0) is 22.6. The summed E-state index contributed by atoms with van der Waals surface area (Å²) in [6, 6.07) is 3.74. The maximum atomic E-state index is 12.9. The predicted octanol–water partition coefficient (Wildman–Crippen LogP) is 2.11. The van der Waals surface area contributed by atoms with Gasteiger partial charge in [-0.3, -0.25) is 4.79 Å². The number of β-amino-alcohol motifs (C(OH)–C–C–N with tert-alkyl or cyclic N) is 1. The lowest BCUT2D eigenvalue weighted by Gasteiger charge is -2.36. The van der Waals surface area contributed by atoms with Gasteiger partial charge in [0.05, 0.1) is 38.1 Å². The highest BCUT2D eigenvalue weighted by Gasteiger charge is 2.32. The number of ether oxygens (including phenoxy) is 4. The molecule has 0 bridgehead atoms. The zero-order valence-corrected chi connectivity index (χ0v) is 19.2. The minimum Gasteiger partial charge on any atom is -0.490 e. The van der Waals surface area contributed by atoms with E-state index in [4.69, 9.17) is 18.9 Å². The Kier molecular flexibility index (Phi) is 7.55. The van der Waals surface area contributed by atoms with E-state index in [2.05, 4.69) is 10.2 Å². The summed E-state index contributed by atoms with van der Waals surface area (Å²) in [7, 11) is 0. The Labute approximate surface area is 190 Å². The van der Waals surface area contributed by atoms with E-state index >= 15 is 0 Å². The molecule has 3 aliphatic rings. The Bertz CT molecular complexity index is 795. The Balaban J connectivity index is 1.25. The van der Waals surface area contributed by atoms with Gasteiger partial charge in [0.15, 0.2) is 17.3 Å². The van der Waals surface area contributed by atoms with Gasteiger partial charge < -0.3 is 34.3 Å². The Morgan fingerprint density at radius 3 is 2.78 bits per heavy atom. The van der Waals surface area contributed by atoms with Crippen LogP contribution in [0.15, 0.2) is 12.1 Å². The number of aliphatic hydroxyl groups excluding tert-OH is 1. The van der Waals surface area contributed by atoms with Crippen molar-refractivity contribution in [3.8, 4) is 11.5 Å². The topological polar surface area (TPSA) is 89.5 Å². The summed E-state index contributed by atoms with van der Waals surface area (Å²) in [5.74, 6) is 0.544. The van der Waals surface area contributed by atoms with E-state index in [1.54, 1.807) is 0 Å². The first-order chi connectivity index (χ1) is 15.4. The molecule has 2 atom stereocenters. The molecule has 0 radical (unpaired) electrons. The Hall–Kier alpha value is -1.87. The molecule has 0 spiro atoms. The fourth-order valence-corrected chi connectivity index (χ4v) is 4.71. The molecule has 8 heteroatoms. The number of aliphatic hydroxyl groups is 1. The van der Waals surface area contributed by atoms with Crippen LogP contribution in [0.25, 0.3) is 0 Å². The molecular formula is C24H36N2O6. The highest BCUT2D eigenvalue weighted by Crippen LogP contribution is 2.35. The number of hydrogen-bond donors (Lipinski definition) is 2. The first-order valence-corrected chi connectivity index (χ1v) is 11.8. The standard InChI is InChI=1S/C24H36N2O6/c1-17-13-19(22-21(14-17)29-9-4-10-30-22)23(28)25-15-18-5-8-26(16-20(18)27)7-3-6-24(2)31-11-12-32-24/h13-14,18,20,27H,3-12,15-16H2,1-2H3,(H,25,28)/t18-,20+/m0/s1. The van der Waals surface area contributed by atoms with Gasteiger partial charge in [-0.1, -0.05) is 0 Å². The SMILES string of the molecule is Cc1cc2c(c(C(=O)NC[C@@H]3CCN(CCCC4(C)OCCO4)C[C@H]3O)c1)OCCCO2. The van der Waals surface area contributed by atoms with Gasteiger partial charge in [0.1, 0.15) is 0 Å². The van der Waals surface area contributed by atoms with Crippen molar-refractivity contribution in [1.29, 1.82) is 0 Å². The molecule has 32 heavy (non-hydrogen) atoms. The smallest absolute Gasteiger partial charge is 0.255 e. The van der Waals surface area contributed by atoms with Crippen LogP contribution in [0, 0.1) is 12.8 Å². The van der Waals surface area contributed by atoms with E-state index in [9.17, 15) is 9.90 Å². The van der Waals surface area contributed by atoms with Crippen molar-refractivity contribution in [3.05, 3.63) is 23.3 Å². The molecule has 3 aliphatic heterocycles. The highest BCUT2D eigenvalue weighted by atomic mass is 16.7. The number of benzene rings is 1. The van der Waals surface area contributed by atoms with Crippen LogP contribution in [0.2, 0.25) is 0 Å². The average molecular weight is 449 g/mol. The second kappa shape index (κ2) is 10.4. The third-order valence-electron chi connectivity index (χ3n) is 6.57. The molecule has 1 amide bonds. The number of hydrogen-bond acceptors (Lipinski definition) is 7. The van der Waals surface area contributed by atoms with Crippen molar-refractivity contribution < 1.29 is 28.8 Å². The number of carbonyl (C=O) groups is 1. The molecule has 8 nitrogen and oxygen atoms in total. The number of nitrogens with one attached hydrogen (secondary N) is 1. The van der Waals surface area contributed by atoms with Crippen molar-refractivity contribution in [2.75, 3.05) is 52.6 Å². The van der Waals surface area contributed by atoms with Crippen LogP contribution < -0.4 is 14.8 Å². The van der Waals surface area contributed by atoms with Crippen LogP contribution in [0.4, 0.5) is 0 Å². The number of nitrogens with zero attached hydrogens (tertiary/aromatic N) is 1. The van der Waals surface area contributed by atoms with Crippen LogP contribution in [0.1, 0.15) is 48.5 Å². The summed E-state index contributed by atoms with van der Waals surface area (Å²) in [6.07, 6.45) is 2.99. The van der Waals surface area contributed by atoms with Gasteiger partial charge in [-0.05, 0) is 57.5 Å². The molecule has 2 N–H and O–H groups in total. The summed E-state index contributed by atoms with van der Waals surface area (Å²) in [4.78, 5) is 15.2. The largest absolute Gasteiger partial charge is 0.490 e. The number of piperidine rings is 1. The number of rotatable bonds is 7. The van der Waals surface area contributed by atoms with Gasteiger partial charge in [0.25, 0.3) is 5.91 Å². The van der Waals surface area contributed by atoms with Crippen LogP contribution in [0.5, 0.6) is 11.5 Å². The molecule has 2 saturated heterocycles. The van der Waals surface area contributed by atoms with Crippen molar-refractivity contribution in [3.63, 3.8) is 0 Å². The fourth-order valence-electron chi connectivity index (χ4n) is 4.71. The summed E-state index contributed by atoms with van der Waals surface area (Å²) in [5.41, 5.74) is 1.45. The molecule has 2 fully saturated rings. The predicted molar refractivity (Wildman–Crippen MR) is 119 cm³/mol. The number of amides is 1. The molecule has 0 aliphatic carbocycles. The summed E-state index contributed by atoms with van der Waals surface area (Å²) in [5, 5.41) is 13.7. The van der Waals surface area contributed by atoms with Gasteiger partial charge >= 0.3 is 0 Å². The van der Waals surface area contributed by atoms with E-state index in [0.29, 0.717) is 56.6 Å². The maximum absolute atomic E-state index is 12.9. The lowest BCUT2D eigenvalue weighted by atomic mass is 9.93. The lowest BCUT2D eigenvalue weighted by Crippen LogP contribution is -2.48. The van der Waals surface area contributed by atoms with Gasteiger partial charge in [0.2, 0.25) is 0 Å². The molecular weight excluding hydrogens is 412 g/mol. The monoisotopic (exact) mass is 448 g/mol. The van der Waals surface area contributed by atoms with Crippen molar-refractivity contribution >= 4 is 5.91 Å². The summed E-state index contributed by atoms with van der Waals surface area (Å²) >= 11 is 0. The number of aryl methyl sites for hydroxylation is 1. The Morgan fingerprint density at radius 1 is 1.22 bits per heavy atom. The van der Waals surface area contributed by atoms with Gasteiger partial charge in [0, 0.05) is 31.8 Å². The van der Waals surface area contributed by atoms with Gasteiger partial charge in [-0.25, -0.2) is 0 Å². The number of fused-ring (bicyclic) bond motifs is 1. The molecule has 178 valence electrons. The highest BCUT2D eigenvalue weighted by molar-refractivity contribution is 5.98. The number of carbonyl (C=O) groups excluding carboxylic acids is 1. The van der Waals surface area contributed by atoms with E-state index in [-0.39, 0.29) is 11.8 Å². The minimum atomic E-state index is -0.465. The van der Waals surface area contributed by atoms with Crippen LogP contribution in [-0.2, 0) is 9.47 Å². The molecule has 1 aromatic carbocycles. The fraction of sp³-hybridized carbons (Fsp3) is 0.708. The Morgan fingerprint density at radius 2 is 2.00 bits per heavy atom. The molecule has 0 saturated carbocycles. The van der Waals surface area contributed by atoms with E-state index in [0.717, 1.165) is 44.3 Å². The molecule has 0 unspecified atom stereocenters. The van der Waals surface area contributed by atoms with Crippen LogP contribution in [0.3, 0.4) is 0 Å². The van der Waals surface area contributed by atoms with Gasteiger partial charge in [-0.2, -0.15) is 0 Å². The zero-order valence-electron chi connectivity index (χ0n) is 19.2. The van der Waals surface area contributed by atoms with Crippen molar-refractivity contribution in [2.24, 2.45) is 5.92 Å². The average Bonchev–Trinajstić information content (AvgIpc) is 3.05. The summed E-state index contributed by atoms with van der Waals surface area (Å²) < 4.78 is 22.9. The van der Waals surface area contributed by atoms with Crippen LogP contribution in [-0.4, -0.2) is 80.4 Å². The molecule has 4 rings (SSSR count). The third-order valence-corrected chi connectivity index (χ3v) is 6.57. The first kappa shape index (κ1) is 23.3. The molecule has 1 aromatic rings. The molecule has 3 heterocycles. The summed E-state index contributed by atoms with van der Waals surface area (Å²) in [6.45, 7) is 9.26. The van der Waals surface area contributed by atoms with Crippen molar-refractivity contribution in [1.82, 2.24) is 10.2 Å². The van der Waals surface area contributed by atoms with E-state index < -0.39 is 11.9 Å². The van der Waals surface area contributed by atoms with E-state index in [1.165, 1.54) is 0 Å². The second-order valence-corrected chi connectivity index (χ2v) is 9.25. The third kappa shape index (κ3) is 5.73. The van der Waals surface area contributed by atoms with Gasteiger partial charge in [-0.15, -0.1) is 0 Å². The normalized spacial score (nSPS) is 25.3. The maximum Gasteiger partial charge on any atom is 0.255 e. The lowest BCUT2D eigenvalue weighted by molar-refractivity contribution is -0.148. The van der Waals surface area contributed by atoms with Crippen molar-refractivity contribution in [2.45, 2.75) is 51.4 Å². The van der Waals surface area contributed by atoms with E-state index in [1.807, 2.05) is 26.0 Å². The minimum absolute atomic E-state index is 0.0368. The number of likely N-dealkylation sites (tertiary alicyclic amines) is 1. The van der Waals surface area contributed by atoms with Crippen LogP contribution >= 0.6 is 0 Å². The molecule has 0 aromatic heterocycles. The second-order valence-electron chi connectivity index (χ2n) is 9.25. The quantitative estimate of drug-likeness (QED) is 0.660. The first-order valence-electron chi connectivity index (χ1n) is 11.8.